The third kappa shape index (κ3) is 8.02. The molecule has 7 nitrogen and oxygen atoms in total. The molecule has 0 saturated heterocycles. The molecule has 0 amide bonds. The molecule has 1 heterocycles. The van der Waals surface area contributed by atoms with E-state index in [2.05, 4.69) is 20.6 Å². The summed E-state index contributed by atoms with van der Waals surface area (Å²) >= 11 is 5.88. The maximum absolute atomic E-state index is 5.88. The Kier molecular flexibility index (Phi) is 9.37. The number of halogens is 1. The molecule has 8 heteroatoms. The summed E-state index contributed by atoms with van der Waals surface area (Å²) < 4.78 is 16.2. The minimum Gasteiger partial charge on any atom is -0.489 e. The smallest absolute Gasteiger partial charge is 0.213 e. The second kappa shape index (κ2) is 12.0. The highest BCUT2D eigenvalue weighted by atomic mass is 35.5. The number of nitrogens with one attached hydrogen (secondary N) is 2. The quantitative estimate of drug-likeness (QED) is 0.359. The van der Waals surface area contributed by atoms with E-state index in [1.807, 2.05) is 31.2 Å². The van der Waals surface area contributed by atoms with E-state index < -0.39 is 0 Å². The molecule has 0 saturated carbocycles. The van der Waals surface area contributed by atoms with Gasteiger partial charge in [-0.2, -0.15) is 0 Å². The lowest BCUT2D eigenvalue weighted by atomic mass is 10.3. The Morgan fingerprint density at radius 1 is 1.14 bits per heavy atom. The molecule has 0 fully saturated rings. The Hall–Kier alpha value is -2.51. The van der Waals surface area contributed by atoms with E-state index in [0.29, 0.717) is 43.2 Å². The van der Waals surface area contributed by atoms with Gasteiger partial charge in [-0.15, -0.1) is 0 Å². The Labute approximate surface area is 171 Å². The van der Waals surface area contributed by atoms with Gasteiger partial charge in [-0.25, -0.2) is 4.98 Å². The number of hydrogen-bond acceptors (Lipinski definition) is 5. The van der Waals surface area contributed by atoms with Crippen LogP contribution in [-0.2, 0) is 11.3 Å². The molecule has 0 spiro atoms. The summed E-state index contributed by atoms with van der Waals surface area (Å²) in [6.45, 7) is 4.20. The van der Waals surface area contributed by atoms with Crippen LogP contribution in [0.4, 0.5) is 0 Å². The van der Waals surface area contributed by atoms with Gasteiger partial charge in [-0.05, 0) is 36.8 Å². The molecule has 0 aliphatic rings. The maximum atomic E-state index is 5.88. The van der Waals surface area contributed by atoms with E-state index in [0.717, 1.165) is 11.3 Å². The molecule has 1 aromatic heterocycles. The van der Waals surface area contributed by atoms with E-state index in [1.165, 1.54) is 0 Å². The van der Waals surface area contributed by atoms with Crippen LogP contribution in [0.2, 0.25) is 5.02 Å². The van der Waals surface area contributed by atoms with Gasteiger partial charge in [-0.3, -0.25) is 4.99 Å². The number of methoxy groups -OCH3 is 1. The van der Waals surface area contributed by atoms with Crippen molar-refractivity contribution in [2.24, 2.45) is 4.99 Å². The van der Waals surface area contributed by atoms with Crippen molar-refractivity contribution in [2.45, 2.75) is 19.6 Å². The lowest BCUT2D eigenvalue weighted by Crippen LogP contribution is -2.41. The van der Waals surface area contributed by atoms with Crippen molar-refractivity contribution in [1.82, 2.24) is 15.6 Å². The summed E-state index contributed by atoms with van der Waals surface area (Å²) in [4.78, 5) is 8.50. The zero-order chi connectivity index (χ0) is 20.2. The third-order valence-corrected chi connectivity index (χ3v) is 3.98. The van der Waals surface area contributed by atoms with Crippen molar-refractivity contribution in [2.75, 3.05) is 33.9 Å². The van der Waals surface area contributed by atoms with Gasteiger partial charge in [0.2, 0.25) is 5.88 Å². The molecule has 0 bridgehead atoms. The highest BCUT2D eigenvalue weighted by molar-refractivity contribution is 6.30. The Balaban J connectivity index is 1.72. The molecule has 152 valence electrons. The monoisotopic (exact) mass is 406 g/mol. The number of aromatic nitrogens is 1. The first-order valence-corrected chi connectivity index (χ1v) is 9.42. The topological polar surface area (TPSA) is 77.0 Å². The van der Waals surface area contributed by atoms with Crippen molar-refractivity contribution in [3.05, 3.63) is 53.2 Å². The van der Waals surface area contributed by atoms with Crippen molar-refractivity contribution >= 4 is 17.6 Å². The second-order valence-corrected chi connectivity index (χ2v) is 6.47. The molecule has 28 heavy (non-hydrogen) atoms. The predicted molar refractivity (Wildman–Crippen MR) is 111 cm³/mol. The van der Waals surface area contributed by atoms with E-state index in [1.54, 1.807) is 32.5 Å². The minimum atomic E-state index is -0.0371. The largest absolute Gasteiger partial charge is 0.489 e. The van der Waals surface area contributed by atoms with Gasteiger partial charge in [0.15, 0.2) is 5.96 Å². The van der Waals surface area contributed by atoms with Crippen LogP contribution in [0.1, 0.15) is 12.5 Å². The molecule has 2 aromatic rings. The van der Waals surface area contributed by atoms with Crippen molar-refractivity contribution in [3.63, 3.8) is 0 Å². The van der Waals surface area contributed by atoms with Crippen molar-refractivity contribution in [3.8, 4) is 11.6 Å². The van der Waals surface area contributed by atoms with Crippen LogP contribution in [0.3, 0.4) is 0 Å². The van der Waals surface area contributed by atoms with E-state index in [4.69, 9.17) is 25.8 Å². The lowest BCUT2D eigenvalue weighted by Gasteiger charge is -2.18. The summed E-state index contributed by atoms with van der Waals surface area (Å²) in [5, 5.41) is 7.18. The van der Waals surface area contributed by atoms with Gasteiger partial charge in [0.25, 0.3) is 0 Å². The third-order valence-electron chi connectivity index (χ3n) is 3.73. The Morgan fingerprint density at radius 3 is 2.57 bits per heavy atom. The number of guanidine groups is 1. The fraction of sp³-hybridized carbons (Fsp3) is 0.400. The average Bonchev–Trinajstić information content (AvgIpc) is 2.71. The van der Waals surface area contributed by atoms with Crippen LogP contribution >= 0.6 is 11.6 Å². The highest BCUT2D eigenvalue weighted by Gasteiger charge is 2.06. The van der Waals surface area contributed by atoms with Gasteiger partial charge in [-0.1, -0.05) is 17.7 Å². The molecular formula is C20H27ClN4O3. The zero-order valence-electron chi connectivity index (χ0n) is 16.4. The number of ether oxygens (including phenoxy) is 3. The van der Waals surface area contributed by atoms with Crippen molar-refractivity contribution in [1.29, 1.82) is 0 Å². The second-order valence-electron chi connectivity index (χ2n) is 6.04. The highest BCUT2D eigenvalue weighted by Crippen LogP contribution is 2.16. The van der Waals surface area contributed by atoms with E-state index in [-0.39, 0.29) is 6.10 Å². The number of hydrogen-bond donors (Lipinski definition) is 2. The van der Waals surface area contributed by atoms with Crippen LogP contribution in [0.5, 0.6) is 11.6 Å². The molecule has 1 atom stereocenters. The first-order chi connectivity index (χ1) is 13.6. The van der Waals surface area contributed by atoms with Crippen LogP contribution < -0.4 is 20.1 Å². The average molecular weight is 407 g/mol. The number of aliphatic imine (C=N–C) groups is 1. The molecule has 0 aliphatic carbocycles. The van der Waals surface area contributed by atoms with Crippen LogP contribution in [0.15, 0.2) is 47.6 Å². The summed E-state index contributed by atoms with van der Waals surface area (Å²) in [6.07, 6.45) is 1.74. The molecule has 0 aliphatic heterocycles. The van der Waals surface area contributed by atoms with Crippen LogP contribution in [-0.4, -0.2) is 51.0 Å². The summed E-state index contributed by atoms with van der Waals surface area (Å²) in [7, 11) is 3.36. The number of nitrogens with zero attached hydrogens (tertiary/aromatic N) is 2. The van der Waals surface area contributed by atoms with E-state index >= 15 is 0 Å². The fourth-order valence-corrected chi connectivity index (χ4v) is 2.39. The number of rotatable bonds is 10. The minimum absolute atomic E-state index is 0.0371. The summed E-state index contributed by atoms with van der Waals surface area (Å²) in [6, 6.07) is 11.1. The fourth-order valence-electron chi connectivity index (χ4n) is 2.26. The maximum Gasteiger partial charge on any atom is 0.213 e. The summed E-state index contributed by atoms with van der Waals surface area (Å²) in [5.41, 5.74) is 1.02. The molecule has 1 unspecified atom stereocenters. The Morgan fingerprint density at radius 2 is 1.93 bits per heavy atom. The first-order valence-electron chi connectivity index (χ1n) is 9.04. The van der Waals surface area contributed by atoms with Crippen LogP contribution in [0, 0.1) is 0 Å². The van der Waals surface area contributed by atoms with Gasteiger partial charge in [0.05, 0.1) is 13.2 Å². The molecular weight excluding hydrogens is 380 g/mol. The SMILES string of the molecule is CN=C(NCc1ccc(OCCOC)nc1)NCC(C)Oc1ccc(Cl)cc1. The van der Waals surface area contributed by atoms with Crippen molar-refractivity contribution < 1.29 is 14.2 Å². The first kappa shape index (κ1) is 21.8. The predicted octanol–water partition coefficient (Wildman–Crippen LogP) is 2.89. The number of benzene rings is 1. The van der Waals surface area contributed by atoms with Gasteiger partial charge >= 0.3 is 0 Å². The molecule has 2 rings (SSSR count). The van der Waals surface area contributed by atoms with Gasteiger partial charge in [0.1, 0.15) is 18.5 Å². The Bertz CT molecular complexity index is 723. The van der Waals surface area contributed by atoms with E-state index in [9.17, 15) is 0 Å². The van der Waals surface area contributed by atoms with Gasteiger partial charge < -0.3 is 24.8 Å². The number of pyridine rings is 1. The standard InChI is InChI=1S/C20H27ClN4O3/c1-15(28-18-7-5-17(21)6-8-18)12-24-20(22-2)25-14-16-4-9-19(23-13-16)27-11-10-26-3/h4-9,13,15H,10-12,14H2,1-3H3,(H2,22,24,25). The summed E-state index contributed by atoms with van der Waals surface area (Å²) in [5.74, 6) is 2.05. The lowest BCUT2D eigenvalue weighted by molar-refractivity contribution is 0.143. The zero-order valence-corrected chi connectivity index (χ0v) is 17.2. The van der Waals surface area contributed by atoms with Crippen LogP contribution in [0.25, 0.3) is 0 Å². The molecule has 0 radical (unpaired) electrons. The molecule has 2 N–H and O–H groups in total. The van der Waals surface area contributed by atoms with Gasteiger partial charge in [0, 0.05) is 38.0 Å². The molecule has 1 aromatic carbocycles. The normalized spacial score (nSPS) is 12.4.